The van der Waals surface area contributed by atoms with Crippen molar-refractivity contribution in [2.24, 2.45) is 16.8 Å². The number of hydrogen-bond acceptors (Lipinski definition) is 2. The molecule has 1 saturated carbocycles. The number of nitrogens with zero attached hydrogens (tertiary/aromatic N) is 1. The average Bonchev–Trinajstić information content (AvgIpc) is 2.51. The van der Waals surface area contributed by atoms with Crippen LogP contribution in [0, 0.1) is 11.8 Å². The minimum Gasteiger partial charge on any atom is -0.478 e. The van der Waals surface area contributed by atoms with E-state index in [0.717, 1.165) is 5.90 Å². The summed E-state index contributed by atoms with van der Waals surface area (Å²) < 4.78 is 5.81. The Hall–Kier alpha value is -0.530. The van der Waals surface area contributed by atoms with Crippen LogP contribution in [0.25, 0.3) is 0 Å². The highest BCUT2D eigenvalue weighted by molar-refractivity contribution is 5.74. The van der Waals surface area contributed by atoms with E-state index in [-0.39, 0.29) is 5.54 Å². The second-order valence-corrected chi connectivity index (χ2v) is 5.21. The molecule has 1 aliphatic carbocycles. The van der Waals surface area contributed by atoms with Crippen LogP contribution in [0.4, 0.5) is 0 Å². The summed E-state index contributed by atoms with van der Waals surface area (Å²) >= 11 is 0. The van der Waals surface area contributed by atoms with E-state index in [4.69, 9.17) is 9.73 Å². The van der Waals surface area contributed by atoms with Crippen molar-refractivity contribution in [1.82, 2.24) is 0 Å². The first-order valence-corrected chi connectivity index (χ1v) is 5.77. The first-order valence-electron chi connectivity index (χ1n) is 5.77. The lowest BCUT2D eigenvalue weighted by Gasteiger charge is -2.42. The molecule has 80 valence electrons. The number of rotatable bonds is 1. The molecule has 2 nitrogen and oxygen atoms in total. The lowest BCUT2D eigenvalue weighted by atomic mass is 9.74. The Morgan fingerprint density at radius 2 is 2.14 bits per heavy atom. The van der Waals surface area contributed by atoms with Crippen LogP contribution < -0.4 is 0 Å². The summed E-state index contributed by atoms with van der Waals surface area (Å²) in [7, 11) is 0. The predicted molar refractivity (Wildman–Crippen MR) is 58.6 cm³/mol. The fourth-order valence-corrected chi connectivity index (χ4v) is 2.96. The van der Waals surface area contributed by atoms with E-state index in [0.29, 0.717) is 17.9 Å². The highest BCUT2D eigenvalue weighted by Gasteiger charge is 2.47. The molecule has 0 N–H and O–H groups in total. The maximum absolute atomic E-state index is 5.81. The second-order valence-electron chi connectivity index (χ2n) is 5.21. The zero-order chi connectivity index (χ0) is 10.3. The van der Waals surface area contributed by atoms with Crippen molar-refractivity contribution >= 4 is 5.90 Å². The molecule has 0 aromatic heterocycles. The monoisotopic (exact) mass is 195 g/mol. The highest BCUT2D eigenvalue weighted by Crippen LogP contribution is 2.44. The minimum absolute atomic E-state index is 0.115. The van der Waals surface area contributed by atoms with E-state index in [2.05, 4.69) is 20.8 Å². The summed E-state index contributed by atoms with van der Waals surface area (Å²) in [6, 6.07) is 0. The molecule has 0 amide bonds. The van der Waals surface area contributed by atoms with Gasteiger partial charge in [0.1, 0.15) is 6.10 Å². The van der Waals surface area contributed by atoms with Crippen LogP contribution in [0.2, 0.25) is 0 Å². The molecule has 0 saturated heterocycles. The Bertz CT molecular complexity index is 259. The standard InChI is InChI=1S/C12H21NO/c1-8(2)12(4)10-6-5-7-11(10)14-9(3)13-12/h8,10-11H,5-7H2,1-4H3. The Morgan fingerprint density at radius 3 is 2.79 bits per heavy atom. The van der Waals surface area contributed by atoms with Crippen molar-refractivity contribution in [3.05, 3.63) is 0 Å². The molecule has 1 heterocycles. The van der Waals surface area contributed by atoms with Gasteiger partial charge in [0.05, 0.1) is 5.54 Å². The molecular formula is C12H21NO. The van der Waals surface area contributed by atoms with Crippen molar-refractivity contribution in [1.29, 1.82) is 0 Å². The van der Waals surface area contributed by atoms with Crippen LogP contribution in [0.15, 0.2) is 4.99 Å². The van der Waals surface area contributed by atoms with E-state index < -0.39 is 0 Å². The van der Waals surface area contributed by atoms with Crippen LogP contribution in [-0.4, -0.2) is 17.5 Å². The van der Waals surface area contributed by atoms with Gasteiger partial charge in [-0.05, 0) is 32.1 Å². The first kappa shape index (κ1) is 10.0. The Kier molecular flexibility index (Phi) is 2.32. The third-order valence-electron chi connectivity index (χ3n) is 4.09. The molecule has 0 radical (unpaired) electrons. The summed E-state index contributed by atoms with van der Waals surface area (Å²) in [4.78, 5) is 4.75. The first-order chi connectivity index (χ1) is 6.54. The van der Waals surface area contributed by atoms with Gasteiger partial charge < -0.3 is 4.74 Å². The molecule has 0 aromatic carbocycles. The molecule has 0 aromatic rings. The number of ether oxygens (including phenoxy) is 1. The molecule has 14 heavy (non-hydrogen) atoms. The third kappa shape index (κ3) is 1.35. The van der Waals surface area contributed by atoms with Crippen molar-refractivity contribution in [2.45, 2.75) is 58.6 Å². The summed E-state index contributed by atoms with van der Waals surface area (Å²) in [6.07, 6.45) is 4.26. The van der Waals surface area contributed by atoms with Gasteiger partial charge in [-0.2, -0.15) is 0 Å². The molecule has 2 rings (SSSR count). The van der Waals surface area contributed by atoms with Gasteiger partial charge in [0.15, 0.2) is 5.90 Å². The predicted octanol–water partition coefficient (Wildman–Crippen LogP) is 3.02. The van der Waals surface area contributed by atoms with Gasteiger partial charge >= 0.3 is 0 Å². The molecule has 2 heteroatoms. The van der Waals surface area contributed by atoms with Gasteiger partial charge in [0, 0.05) is 12.8 Å². The fourth-order valence-electron chi connectivity index (χ4n) is 2.96. The van der Waals surface area contributed by atoms with Gasteiger partial charge in [-0.1, -0.05) is 13.8 Å². The lowest BCUT2D eigenvalue weighted by Crippen LogP contribution is -2.47. The maximum atomic E-state index is 5.81. The smallest absolute Gasteiger partial charge is 0.180 e. The number of fused-ring (bicyclic) bond motifs is 1. The lowest BCUT2D eigenvalue weighted by molar-refractivity contribution is 0.0534. The number of aliphatic imine (C=N–C) groups is 1. The second kappa shape index (κ2) is 3.25. The van der Waals surface area contributed by atoms with Gasteiger partial charge in [0.2, 0.25) is 0 Å². The SMILES string of the molecule is CC1=NC(C)(C(C)C)C2CCCC2O1. The topological polar surface area (TPSA) is 21.6 Å². The van der Waals surface area contributed by atoms with Gasteiger partial charge in [-0.25, -0.2) is 4.99 Å². The number of hydrogen-bond donors (Lipinski definition) is 0. The quantitative estimate of drug-likeness (QED) is 0.630. The summed E-state index contributed by atoms with van der Waals surface area (Å²) in [5.74, 6) is 2.14. The average molecular weight is 195 g/mol. The molecule has 1 fully saturated rings. The van der Waals surface area contributed by atoms with Crippen LogP contribution >= 0.6 is 0 Å². The van der Waals surface area contributed by atoms with Crippen molar-refractivity contribution in [2.75, 3.05) is 0 Å². The molecular weight excluding hydrogens is 174 g/mol. The normalized spacial score (nSPS) is 41.9. The fraction of sp³-hybridized carbons (Fsp3) is 0.917. The van der Waals surface area contributed by atoms with E-state index in [1.54, 1.807) is 0 Å². The minimum atomic E-state index is 0.115. The van der Waals surface area contributed by atoms with Crippen molar-refractivity contribution in [3.63, 3.8) is 0 Å². The highest BCUT2D eigenvalue weighted by atomic mass is 16.5. The zero-order valence-electron chi connectivity index (χ0n) is 9.71. The Morgan fingerprint density at radius 1 is 1.43 bits per heavy atom. The molecule has 3 unspecified atom stereocenters. The van der Waals surface area contributed by atoms with E-state index in [1.807, 2.05) is 6.92 Å². The molecule has 2 aliphatic rings. The molecule has 3 atom stereocenters. The van der Waals surface area contributed by atoms with Crippen LogP contribution in [-0.2, 0) is 4.74 Å². The van der Waals surface area contributed by atoms with Gasteiger partial charge in [-0.15, -0.1) is 0 Å². The van der Waals surface area contributed by atoms with Gasteiger partial charge in [-0.3, -0.25) is 0 Å². The Labute approximate surface area is 86.8 Å². The summed E-state index contributed by atoms with van der Waals surface area (Å²) in [5.41, 5.74) is 0.115. The van der Waals surface area contributed by atoms with Gasteiger partial charge in [0.25, 0.3) is 0 Å². The summed E-state index contributed by atoms with van der Waals surface area (Å²) in [5, 5.41) is 0. The summed E-state index contributed by atoms with van der Waals surface area (Å²) in [6.45, 7) is 8.84. The molecule has 0 bridgehead atoms. The van der Waals surface area contributed by atoms with Crippen LogP contribution in [0.1, 0.15) is 47.0 Å². The van der Waals surface area contributed by atoms with Crippen molar-refractivity contribution in [3.8, 4) is 0 Å². The van der Waals surface area contributed by atoms with Crippen LogP contribution in [0.3, 0.4) is 0 Å². The van der Waals surface area contributed by atoms with E-state index in [1.165, 1.54) is 19.3 Å². The third-order valence-corrected chi connectivity index (χ3v) is 4.09. The van der Waals surface area contributed by atoms with E-state index in [9.17, 15) is 0 Å². The van der Waals surface area contributed by atoms with E-state index >= 15 is 0 Å². The molecule has 0 spiro atoms. The largest absolute Gasteiger partial charge is 0.478 e. The Balaban J connectivity index is 2.33. The van der Waals surface area contributed by atoms with Crippen LogP contribution in [0.5, 0.6) is 0 Å². The zero-order valence-corrected chi connectivity index (χ0v) is 9.71. The maximum Gasteiger partial charge on any atom is 0.180 e. The molecule has 1 aliphatic heterocycles. The van der Waals surface area contributed by atoms with Crippen molar-refractivity contribution < 1.29 is 4.74 Å².